The van der Waals surface area contributed by atoms with Crippen molar-refractivity contribution in [1.82, 2.24) is 4.98 Å². The predicted octanol–water partition coefficient (Wildman–Crippen LogP) is 2.68. The molecule has 0 radical (unpaired) electrons. The molecule has 0 bridgehead atoms. The molecule has 0 atom stereocenters. The smallest absolute Gasteiger partial charge is 0.337 e. The molecule has 1 aromatic heterocycles. The average molecular weight is 249 g/mol. The number of aromatic carboxylic acids is 1. The van der Waals surface area contributed by atoms with E-state index >= 15 is 0 Å². The average Bonchev–Trinajstić information content (AvgIpc) is 2.32. The summed E-state index contributed by atoms with van der Waals surface area (Å²) in [6.07, 6.45) is 0. The molecule has 0 aliphatic heterocycles. The topological polar surface area (TPSA) is 76.2 Å². The highest BCUT2D eigenvalue weighted by Crippen LogP contribution is 2.28. The number of nitrogens with zero attached hydrogens (tertiary/aromatic N) is 1. The molecule has 86 valence electrons. The van der Waals surface area contributed by atoms with Crippen molar-refractivity contribution in [2.45, 2.75) is 0 Å². The van der Waals surface area contributed by atoms with E-state index in [1.54, 1.807) is 12.1 Å². The van der Waals surface area contributed by atoms with Gasteiger partial charge in [0.25, 0.3) is 0 Å². The predicted molar refractivity (Wildman–Crippen MR) is 66.1 cm³/mol. The minimum absolute atomic E-state index is 0.0381. The van der Waals surface area contributed by atoms with Gasteiger partial charge in [0.2, 0.25) is 0 Å². The Morgan fingerprint density at radius 2 is 1.94 bits per heavy atom. The van der Waals surface area contributed by atoms with Gasteiger partial charge in [0.15, 0.2) is 0 Å². The van der Waals surface area contributed by atoms with Crippen LogP contribution < -0.4 is 5.73 Å². The van der Waals surface area contributed by atoms with Crippen molar-refractivity contribution in [2.24, 2.45) is 0 Å². The maximum atomic E-state index is 11.0. The van der Waals surface area contributed by atoms with E-state index in [0.29, 0.717) is 5.69 Å². The number of rotatable bonds is 2. The van der Waals surface area contributed by atoms with Crippen LogP contribution in [-0.2, 0) is 0 Å². The van der Waals surface area contributed by atoms with Crippen molar-refractivity contribution >= 4 is 23.3 Å². The molecule has 17 heavy (non-hydrogen) atoms. The maximum Gasteiger partial charge on any atom is 0.337 e. The normalized spacial score (nSPS) is 10.2. The molecule has 0 saturated heterocycles. The number of benzene rings is 1. The highest BCUT2D eigenvalue weighted by molar-refractivity contribution is 6.30. The van der Waals surface area contributed by atoms with Gasteiger partial charge >= 0.3 is 5.97 Å². The SMILES string of the molecule is Nc1c(C(=O)O)cc(Cl)nc1-c1ccccc1. The lowest BCUT2D eigenvalue weighted by atomic mass is 10.1. The molecule has 0 fully saturated rings. The van der Waals surface area contributed by atoms with Crippen LogP contribution in [-0.4, -0.2) is 16.1 Å². The number of carboxylic acid groups (broad SMARTS) is 1. The third-order valence-corrected chi connectivity index (χ3v) is 2.50. The number of nitrogen functional groups attached to an aromatic ring is 1. The van der Waals surface area contributed by atoms with Crippen LogP contribution in [0, 0.1) is 0 Å². The number of carbonyl (C=O) groups is 1. The fourth-order valence-corrected chi connectivity index (χ4v) is 1.71. The van der Waals surface area contributed by atoms with Gasteiger partial charge in [0, 0.05) is 5.56 Å². The van der Waals surface area contributed by atoms with Gasteiger partial charge in [-0.1, -0.05) is 41.9 Å². The van der Waals surface area contributed by atoms with Gasteiger partial charge < -0.3 is 10.8 Å². The number of hydrogen-bond acceptors (Lipinski definition) is 3. The Morgan fingerprint density at radius 1 is 1.29 bits per heavy atom. The zero-order valence-electron chi connectivity index (χ0n) is 8.72. The van der Waals surface area contributed by atoms with Gasteiger partial charge in [0.1, 0.15) is 5.15 Å². The Hall–Kier alpha value is -2.07. The fourth-order valence-electron chi connectivity index (χ4n) is 1.52. The van der Waals surface area contributed by atoms with Crippen LogP contribution >= 0.6 is 11.6 Å². The molecule has 0 unspecified atom stereocenters. The van der Waals surface area contributed by atoms with E-state index in [0.717, 1.165) is 5.56 Å². The van der Waals surface area contributed by atoms with E-state index in [1.807, 2.05) is 18.2 Å². The van der Waals surface area contributed by atoms with E-state index < -0.39 is 5.97 Å². The highest BCUT2D eigenvalue weighted by atomic mass is 35.5. The first-order valence-corrected chi connectivity index (χ1v) is 5.22. The molecule has 3 N–H and O–H groups in total. The van der Waals surface area contributed by atoms with E-state index in [4.69, 9.17) is 22.4 Å². The minimum Gasteiger partial charge on any atom is -0.478 e. The Kier molecular flexibility index (Phi) is 2.97. The van der Waals surface area contributed by atoms with Crippen molar-refractivity contribution in [3.05, 3.63) is 47.1 Å². The quantitative estimate of drug-likeness (QED) is 0.801. The van der Waals surface area contributed by atoms with Crippen molar-refractivity contribution in [3.63, 3.8) is 0 Å². The number of nitrogens with two attached hydrogens (primary N) is 1. The van der Waals surface area contributed by atoms with Gasteiger partial charge in [-0.25, -0.2) is 9.78 Å². The lowest BCUT2D eigenvalue weighted by Crippen LogP contribution is -2.05. The summed E-state index contributed by atoms with van der Waals surface area (Å²) in [5, 5.41) is 9.10. The molecule has 1 heterocycles. The van der Waals surface area contributed by atoms with E-state index in [1.165, 1.54) is 6.07 Å². The molecule has 2 rings (SSSR count). The molecule has 5 heteroatoms. The molecular formula is C12H9ClN2O2. The monoisotopic (exact) mass is 248 g/mol. The van der Waals surface area contributed by atoms with Crippen LogP contribution in [0.5, 0.6) is 0 Å². The molecule has 1 aromatic carbocycles. The molecule has 2 aromatic rings. The standard InChI is InChI=1S/C12H9ClN2O2/c13-9-6-8(12(16)17)10(14)11(15-9)7-4-2-1-3-5-7/h1-6H,14H2,(H,16,17). The molecule has 0 saturated carbocycles. The summed E-state index contributed by atoms with van der Waals surface area (Å²) in [7, 11) is 0. The molecule has 0 spiro atoms. The van der Waals surface area contributed by atoms with E-state index in [9.17, 15) is 4.79 Å². The Bertz CT molecular complexity index is 570. The van der Waals surface area contributed by atoms with Crippen LogP contribution in [0.3, 0.4) is 0 Å². The Morgan fingerprint density at radius 3 is 2.53 bits per heavy atom. The summed E-state index contributed by atoms with van der Waals surface area (Å²) in [5.41, 5.74) is 6.98. The van der Waals surface area contributed by atoms with Crippen molar-refractivity contribution < 1.29 is 9.90 Å². The third-order valence-electron chi connectivity index (χ3n) is 2.30. The summed E-state index contributed by atoms with van der Waals surface area (Å²) in [4.78, 5) is 15.1. The maximum absolute atomic E-state index is 11.0. The summed E-state index contributed by atoms with van der Waals surface area (Å²) in [5.74, 6) is -1.12. The van der Waals surface area contributed by atoms with Gasteiger partial charge in [-0.15, -0.1) is 0 Å². The summed E-state index contributed by atoms with van der Waals surface area (Å²) >= 11 is 5.79. The fraction of sp³-hybridized carbons (Fsp3) is 0. The van der Waals surface area contributed by atoms with Gasteiger partial charge in [-0.05, 0) is 6.07 Å². The highest BCUT2D eigenvalue weighted by Gasteiger charge is 2.15. The first kappa shape index (κ1) is 11.4. The van der Waals surface area contributed by atoms with Crippen LogP contribution in [0.1, 0.15) is 10.4 Å². The van der Waals surface area contributed by atoms with Crippen LogP contribution in [0.2, 0.25) is 5.15 Å². The van der Waals surface area contributed by atoms with Gasteiger partial charge in [-0.3, -0.25) is 0 Å². The zero-order chi connectivity index (χ0) is 12.4. The van der Waals surface area contributed by atoms with Crippen molar-refractivity contribution in [2.75, 3.05) is 5.73 Å². The van der Waals surface area contributed by atoms with Crippen LogP contribution in [0.25, 0.3) is 11.3 Å². The second-order valence-electron chi connectivity index (χ2n) is 3.43. The molecule has 0 aliphatic carbocycles. The summed E-state index contributed by atoms with van der Waals surface area (Å²) < 4.78 is 0. The van der Waals surface area contributed by atoms with E-state index in [2.05, 4.69) is 4.98 Å². The van der Waals surface area contributed by atoms with Crippen molar-refractivity contribution in [3.8, 4) is 11.3 Å². The Labute approximate surface area is 103 Å². The number of halogens is 1. The second-order valence-corrected chi connectivity index (χ2v) is 3.81. The lowest BCUT2D eigenvalue weighted by Gasteiger charge is -2.08. The molecule has 4 nitrogen and oxygen atoms in total. The van der Waals surface area contributed by atoms with Crippen LogP contribution in [0.4, 0.5) is 5.69 Å². The lowest BCUT2D eigenvalue weighted by molar-refractivity contribution is 0.0698. The first-order chi connectivity index (χ1) is 8.09. The zero-order valence-corrected chi connectivity index (χ0v) is 9.48. The number of pyridine rings is 1. The molecule has 0 aliphatic rings. The number of aromatic nitrogens is 1. The third kappa shape index (κ3) is 2.21. The van der Waals surface area contributed by atoms with Gasteiger partial charge in [-0.2, -0.15) is 0 Å². The summed E-state index contributed by atoms with van der Waals surface area (Å²) in [6, 6.07) is 10.3. The Balaban J connectivity index is 2.67. The minimum atomic E-state index is -1.12. The number of carboxylic acids is 1. The van der Waals surface area contributed by atoms with E-state index in [-0.39, 0.29) is 16.4 Å². The molecular weight excluding hydrogens is 240 g/mol. The van der Waals surface area contributed by atoms with Crippen LogP contribution in [0.15, 0.2) is 36.4 Å². The summed E-state index contributed by atoms with van der Waals surface area (Å²) in [6.45, 7) is 0. The second kappa shape index (κ2) is 4.43. The number of anilines is 1. The molecule has 0 amide bonds. The number of hydrogen-bond donors (Lipinski definition) is 2. The first-order valence-electron chi connectivity index (χ1n) is 4.84. The van der Waals surface area contributed by atoms with Gasteiger partial charge in [0.05, 0.1) is 16.9 Å². The van der Waals surface area contributed by atoms with Crippen molar-refractivity contribution in [1.29, 1.82) is 0 Å². The largest absolute Gasteiger partial charge is 0.478 e.